The number of H-pyrrole nitrogens is 2. The van der Waals surface area contributed by atoms with E-state index in [-0.39, 0.29) is 11.3 Å². The number of hydrogen-bond donors (Lipinski definition) is 3. The third-order valence-corrected chi connectivity index (χ3v) is 4.64. The summed E-state index contributed by atoms with van der Waals surface area (Å²) in [6.45, 7) is 1.79. The van der Waals surface area contributed by atoms with Crippen LogP contribution in [0.15, 0.2) is 59.4 Å². The lowest BCUT2D eigenvalue weighted by Crippen LogP contribution is -2.14. The van der Waals surface area contributed by atoms with E-state index in [0.717, 1.165) is 0 Å². The fraction of sp³-hybridized carbons (Fsp3) is 0.0909. The molecule has 2 aromatic carbocycles. The minimum Gasteiger partial charge on any atom is -0.464 e. The molecule has 0 unspecified atom stereocenters. The molecule has 0 saturated carbocycles. The van der Waals surface area contributed by atoms with Gasteiger partial charge in [-0.05, 0) is 43.3 Å². The highest BCUT2D eigenvalue weighted by Crippen LogP contribution is 2.38. The van der Waals surface area contributed by atoms with Crippen LogP contribution in [0.1, 0.15) is 16.2 Å². The molecule has 7 heteroatoms. The molecule has 0 radical (unpaired) electrons. The van der Waals surface area contributed by atoms with Crippen LogP contribution in [0.5, 0.6) is 11.5 Å². The summed E-state index contributed by atoms with van der Waals surface area (Å²) in [7, 11) is 1.26. The smallest absolute Gasteiger partial charge is 0.354 e. The van der Waals surface area contributed by atoms with Crippen molar-refractivity contribution >= 4 is 22.4 Å². The zero-order chi connectivity index (χ0) is 20.5. The molecule has 4 aromatic rings. The number of nitrogens with one attached hydrogen (secondary N) is 2. The number of para-hydroxylation sites is 1. The molecule has 7 nitrogen and oxygen atoms in total. The van der Waals surface area contributed by atoms with Crippen molar-refractivity contribution in [1.82, 2.24) is 9.97 Å². The molecule has 0 atom stereocenters. The summed E-state index contributed by atoms with van der Waals surface area (Å²) in [6, 6.07) is 16.2. The maximum absolute atomic E-state index is 12.6. The molecule has 0 fully saturated rings. The van der Waals surface area contributed by atoms with Crippen LogP contribution in [-0.2, 0) is 4.74 Å². The van der Waals surface area contributed by atoms with Gasteiger partial charge in [-0.3, -0.25) is 4.79 Å². The minimum atomic E-state index is -0.623. The van der Waals surface area contributed by atoms with Gasteiger partial charge < -0.3 is 25.2 Å². The van der Waals surface area contributed by atoms with Gasteiger partial charge in [-0.15, -0.1) is 0 Å². The standard InChI is InChI=1S/C22H19N3O4/c1-12-19-16(11-17(22(27)28-2)25-21(19)26)20(24-12)15-10-13(23)8-9-18(15)29-14-6-4-3-5-7-14/h3-11,24H,23H2,1-2H3,(H,25,26). The number of carbonyl (C=O) groups excluding carboxylic acids is 1. The van der Waals surface area contributed by atoms with E-state index in [2.05, 4.69) is 9.97 Å². The minimum absolute atomic E-state index is 0.0691. The number of methoxy groups -OCH3 is 1. The number of ether oxygens (including phenoxy) is 2. The van der Waals surface area contributed by atoms with Crippen molar-refractivity contribution in [2.75, 3.05) is 12.8 Å². The number of benzene rings is 2. The molecule has 29 heavy (non-hydrogen) atoms. The summed E-state index contributed by atoms with van der Waals surface area (Å²) in [5.41, 5.74) is 8.23. The molecule has 0 aliphatic carbocycles. The molecular formula is C22H19N3O4. The highest BCUT2D eigenvalue weighted by molar-refractivity contribution is 6.02. The van der Waals surface area contributed by atoms with Crippen LogP contribution < -0.4 is 16.0 Å². The molecule has 146 valence electrons. The summed E-state index contributed by atoms with van der Waals surface area (Å²) in [5.74, 6) is 0.606. The van der Waals surface area contributed by atoms with Crippen molar-refractivity contribution < 1.29 is 14.3 Å². The molecule has 0 aliphatic heterocycles. The van der Waals surface area contributed by atoms with E-state index in [1.54, 1.807) is 31.2 Å². The maximum atomic E-state index is 12.6. The predicted octanol–water partition coefficient (Wildman–Crippen LogP) is 3.99. The van der Waals surface area contributed by atoms with E-state index in [4.69, 9.17) is 15.2 Å². The second kappa shape index (κ2) is 7.20. The van der Waals surface area contributed by atoms with Gasteiger partial charge in [-0.2, -0.15) is 0 Å². The van der Waals surface area contributed by atoms with Crippen molar-refractivity contribution in [2.24, 2.45) is 0 Å². The Labute approximate surface area is 166 Å². The quantitative estimate of drug-likeness (QED) is 0.361. The average Bonchev–Trinajstić information content (AvgIpc) is 3.06. The number of rotatable bonds is 4. The van der Waals surface area contributed by atoms with Gasteiger partial charge in [0.1, 0.15) is 17.2 Å². The Morgan fingerprint density at radius 3 is 2.52 bits per heavy atom. The lowest BCUT2D eigenvalue weighted by Gasteiger charge is -2.12. The van der Waals surface area contributed by atoms with Crippen LogP contribution in [0.3, 0.4) is 0 Å². The zero-order valence-electron chi connectivity index (χ0n) is 15.9. The van der Waals surface area contributed by atoms with Gasteiger partial charge in [-0.1, -0.05) is 18.2 Å². The number of esters is 1. The van der Waals surface area contributed by atoms with Gasteiger partial charge in [0.25, 0.3) is 5.56 Å². The Bertz CT molecular complexity index is 1270. The summed E-state index contributed by atoms with van der Waals surface area (Å²) in [5, 5.41) is 1.04. The van der Waals surface area contributed by atoms with E-state index in [1.807, 2.05) is 30.3 Å². The molecule has 0 bridgehead atoms. The Hall–Kier alpha value is -4.00. The SMILES string of the molecule is COC(=O)c1cc2c(-c3cc(N)ccc3Oc3ccccc3)[nH]c(C)c2c(=O)[nH]1. The number of nitrogen functional groups attached to an aromatic ring is 1. The average molecular weight is 389 g/mol. The third-order valence-electron chi connectivity index (χ3n) is 4.64. The summed E-state index contributed by atoms with van der Waals surface area (Å²) < 4.78 is 10.8. The first kappa shape index (κ1) is 18.4. The fourth-order valence-electron chi connectivity index (χ4n) is 3.33. The molecule has 0 aliphatic rings. The van der Waals surface area contributed by atoms with Gasteiger partial charge in [0, 0.05) is 22.3 Å². The highest BCUT2D eigenvalue weighted by atomic mass is 16.5. The molecule has 0 amide bonds. The second-order valence-electron chi connectivity index (χ2n) is 6.59. The molecule has 4 N–H and O–H groups in total. The number of aromatic amines is 2. The Morgan fingerprint density at radius 1 is 1.03 bits per heavy atom. The summed E-state index contributed by atoms with van der Waals surface area (Å²) >= 11 is 0. The normalized spacial score (nSPS) is 10.8. The topological polar surface area (TPSA) is 110 Å². The van der Waals surface area contributed by atoms with Crippen LogP contribution in [0.2, 0.25) is 0 Å². The number of hydrogen-bond acceptors (Lipinski definition) is 5. The number of fused-ring (bicyclic) bond motifs is 1. The lowest BCUT2D eigenvalue weighted by atomic mass is 10.1. The van der Waals surface area contributed by atoms with Gasteiger partial charge in [0.15, 0.2) is 0 Å². The van der Waals surface area contributed by atoms with Crippen LogP contribution >= 0.6 is 0 Å². The molecular weight excluding hydrogens is 370 g/mol. The summed E-state index contributed by atoms with van der Waals surface area (Å²) in [6.07, 6.45) is 0. The molecule has 2 aromatic heterocycles. The van der Waals surface area contributed by atoms with Crippen LogP contribution in [0.25, 0.3) is 22.0 Å². The number of carbonyl (C=O) groups is 1. The highest BCUT2D eigenvalue weighted by Gasteiger charge is 2.19. The van der Waals surface area contributed by atoms with Gasteiger partial charge in [0.2, 0.25) is 0 Å². The van der Waals surface area contributed by atoms with Crippen molar-refractivity contribution in [3.05, 3.63) is 76.3 Å². The fourth-order valence-corrected chi connectivity index (χ4v) is 3.33. The lowest BCUT2D eigenvalue weighted by molar-refractivity contribution is 0.0594. The largest absolute Gasteiger partial charge is 0.464 e. The van der Waals surface area contributed by atoms with Crippen LogP contribution in [-0.4, -0.2) is 23.0 Å². The molecule has 2 heterocycles. The van der Waals surface area contributed by atoms with Gasteiger partial charge in [0.05, 0.1) is 18.2 Å². The van der Waals surface area contributed by atoms with Crippen molar-refractivity contribution in [3.8, 4) is 22.8 Å². The number of anilines is 1. The van der Waals surface area contributed by atoms with Crippen molar-refractivity contribution in [3.63, 3.8) is 0 Å². The maximum Gasteiger partial charge on any atom is 0.354 e. The number of nitrogens with two attached hydrogens (primary N) is 1. The second-order valence-corrected chi connectivity index (χ2v) is 6.59. The monoisotopic (exact) mass is 389 g/mol. The Kier molecular flexibility index (Phi) is 4.56. The van der Waals surface area contributed by atoms with E-state index in [1.165, 1.54) is 7.11 Å². The molecule has 0 saturated heterocycles. The van der Waals surface area contributed by atoms with E-state index in [9.17, 15) is 9.59 Å². The van der Waals surface area contributed by atoms with Crippen LogP contribution in [0.4, 0.5) is 5.69 Å². The van der Waals surface area contributed by atoms with E-state index in [0.29, 0.717) is 44.9 Å². The first-order valence-corrected chi connectivity index (χ1v) is 8.94. The molecule has 0 spiro atoms. The number of aryl methyl sites for hydroxylation is 1. The first-order valence-electron chi connectivity index (χ1n) is 8.94. The third kappa shape index (κ3) is 3.34. The van der Waals surface area contributed by atoms with Crippen molar-refractivity contribution in [2.45, 2.75) is 6.92 Å². The van der Waals surface area contributed by atoms with Crippen LogP contribution in [0, 0.1) is 6.92 Å². The summed E-state index contributed by atoms with van der Waals surface area (Å²) in [4.78, 5) is 30.4. The first-order chi connectivity index (χ1) is 14.0. The van der Waals surface area contributed by atoms with Crippen molar-refractivity contribution in [1.29, 1.82) is 0 Å². The zero-order valence-corrected chi connectivity index (χ0v) is 15.9. The number of aromatic nitrogens is 2. The Morgan fingerprint density at radius 2 is 1.79 bits per heavy atom. The number of pyridine rings is 1. The van der Waals surface area contributed by atoms with E-state index >= 15 is 0 Å². The van der Waals surface area contributed by atoms with Gasteiger partial charge >= 0.3 is 5.97 Å². The van der Waals surface area contributed by atoms with Gasteiger partial charge in [-0.25, -0.2) is 4.79 Å². The van der Waals surface area contributed by atoms with E-state index < -0.39 is 5.97 Å². The predicted molar refractivity (Wildman–Crippen MR) is 111 cm³/mol. The molecule has 4 rings (SSSR count). The Balaban J connectivity index is 1.95.